The molecule has 0 aliphatic heterocycles. The molecule has 5 nitrogen and oxygen atoms in total. The van der Waals surface area contributed by atoms with E-state index in [1.165, 1.54) is 0 Å². The third-order valence-electron chi connectivity index (χ3n) is 2.20. The molecular weight excluding hydrogens is 216 g/mol. The number of hydrogen-bond acceptors (Lipinski definition) is 3. The molecule has 0 aromatic carbocycles. The van der Waals surface area contributed by atoms with Crippen LogP contribution in [0.2, 0.25) is 0 Å². The largest absolute Gasteiger partial charge is 0.346 e. The fraction of sp³-hybridized carbons (Fsp3) is 0.583. The average Bonchev–Trinajstić information content (AvgIpc) is 2.65. The summed E-state index contributed by atoms with van der Waals surface area (Å²) in [4.78, 5) is 15.9. The predicted molar refractivity (Wildman–Crippen MR) is 65.5 cm³/mol. The van der Waals surface area contributed by atoms with Crippen LogP contribution in [0.4, 0.5) is 0 Å². The molecule has 0 saturated carbocycles. The van der Waals surface area contributed by atoms with Gasteiger partial charge in [0.15, 0.2) is 0 Å². The van der Waals surface area contributed by atoms with Gasteiger partial charge in [-0.25, -0.2) is 4.98 Å². The van der Waals surface area contributed by atoms with E-state index in [4.69, 9.17) is 6.42 Å². The first-order valence-electron chi connectivity index (χ1n) is 5.52. The Kier molecular flexibility index (Phi) is 3.89. The fourth-order valence-corrected chi connectivity index (χ4v) is 1.21. The van der Waals surface area contributed by atoms with Gasteiger partial charge in [0.05, 0.1) is 0 Å². The second kappa shape index (κ2) is 5.00. The van der Waals surface area contributed by atoms with Crippen LogP contribution in [0.25, 0.3) is 0 Å². The molecule has 1 amide bonds. The summed E-state index contributed by atoms with van der Waals surface area (Å²) in [5.74, 6) is 3.02. The molecule has 0 saturated heterocycles. The van der Waals surface area contributed by atoms with Crippen molar-refractivity contribution in [3.05, 3.63) is 11.6 Å². The summed E-state index contributed by atoms with van der Waals surface area (Å²) in [5.41, 5.74) is -0.157. The first-order valence-corrected chi connectivity index (χ1v) is 5.52. The van der Waals surface area contributed by atoms with Crippen LogP contribution in [-0.4, -0.2) is 27.1 Å². The molecule has 0 spiro atoms. The summed E-state index contributed by atoms with van der Waals surface area (Å²) in [6.45, 7) is 7.83. The number of nitrogens with one attached hydrogen (secondary N) is 2. The van der Waals surface area contributed by atoms with Gasteiger partial charge >= 0.3 is 0 Å². The van der Waals surface area contributed by atoms with E-state index in [0.29, 0.717) is 12.2 Å². The highest BCUT2D eigenvalue weighted by molar-refractivity contribution is 5.90. The van der Waals surface area contributed by atoms with E-state index in [0.717, 1.165) is 0 Å². The minimum Gasteiger partial charge on any atom is -0.346 e. The van der Waals surface area contributed by atoms with Gasteiger partial charge in [0.25, 0.3) is 5.91 Å². The van der Waals surface area contributed by atoms with E-state index in [2.05, 4.69) is 26.4 Å². The van der Waals surface area contributed by atoms with Crippen molar-refractivity contribution in [2.24, 2.45) is 0 Å². The summed E-state index contributed by atoms with van der Waals surface area (Å²) >= 11 is 0. The van der Waals surface area contributed by atoms with E-state index in [1.807, 2.05) is 27.7 Å². The molecule has 1 heterocycles. The maximum atomic E-state index is 11.7. The van der Waals surface area contributed by atoms with Gasteiger partial charge < -0.3 is 5.32 Å². The number of carbonyl (C=O) groups is 1. The van der Waals surface area contributed by atoms with Gasteiger partial charge in [0.2, 0.25) is 5.82 Å². The molecule has 0 radical (unpaired) electrons. The molecule has 0 fully saturated rings. The second-order valence-electron chi connectivity index (χ2n) is 5.04. The van der Waals surface area contributed by atoms with Gasteiger partial charge in [-0.05, 0) is 6.92 Å². The minimum atomic E-state index is -0.306. The number of H-pyrrole nitrogens is 1. The Morgan fingerprint density at radius 1 is 1.59 bits per heavy atom. The van der Waals surface area contributed by atoms with E-state index < -0.39 is 0 Å². The van der Waals surface area contributed by atoms with Crippen molar-refractivity contribution in [1.82, 2.24) is 20.5 Å². The van der Waals surface area contributed by atoms with Crippen LogP contribution < -0.4 is 5.32 Å². The zero-order chi connectivity index (χ0) is 13.1. The van der Waals surface area contributed by atoms with E-state index in [1.54, 1.807) is 0 Å². The third kappa shape index (κ3) is 3.59. The van der Waals surface area contributed by atoms with Crippen molar-refractivity contribution in [3.8, 4) is 12.3 Å². The lowest BCUT2D eigenvalue weighted by Crippen LogP contribution is -2.33. The van der Waals surface area contributed by atoms with E-state index in [9.17, 15) is 4.79 Å². The van der Waals surface area contributed by atoms with Crippen LogP contribution in [0.5, 0.6) is 0 Å². The van der Waals surface area contributed by atoms with Crippen molar-refractivity contribution < 1.29 is 4.79 Å². The van der Waals surface area contributed by atoms with Crippen LogP contribution in [-0.2, 0) is 5.41 Å². The number of amides is 1. The Labute approximate surface area is 101 Å². The van der Waals surface area contributed by atoms with Gasteiger partial charge in [-0.2, -0.15) is 0 Å². The van der Waals surface area contributed by atoms with Crippen molar-refractivity contribution in [2.75, 3.05) is 0 Å². The number of rotatable bonds is 3. The maximum Gasteiger partial charge on any atom is 0.291 e. The third-order valence-corrected chi connectivity index (χ3v) is 2.20. The highest BCUT2D eigenvalue weighted by Gasteiger charge is 2.21. The topological polar surface area (TPSA) is 70.7 Å². The molecule has 2 N–H and O–H groups in total. The number of hydrogen-bond donors (Lipinski definition) is 2. The normalized spacial score (nSPS) is 12.9. The summed E-state index contributed by atoms with van der Waals surface area (Å²) in [7, 11) is 0. The van der Waals surface area contributed by atoms with Gasteiger partial charge in [-0.15, -0.1) is 17.4 Å². The molecule has 0 aliphatic carbocycles. The van der Waals surface area contributed by atoms with E-state index in [-0.39, 0.29) is 23.2 Å². The van der Waals surface area contributed by atoms with Crippen molar-refractivity contribution >= 4 is 5.91 Å². The zero-order valence-electron chi connectivity index (χ0n) is 10.7. The van der Waals surface area contributed by atoms with E-state index >= 15 is 0 Å². The Balaban J connectivity index is 2.71. The first kappa shape index (κ1) is 13.2. The van der Waals surface area contributed by atoms with Crippen molar-refractivity contribution in [3.63, 3.8) is 0 Å². The number of aromatic nitrogens is 3. The minimum absolute atomic E-state index is 0.0795. The monoisotopic (exact) mass is 234 g/mol. The lowest BCUT2D eigenvalue weighted by molar-refractivity contribution is 0.0930. The van der Waals surface area contributed by atoms with Crippen LogP contribution in [0.15, 0.2) is 0 Å². The molecule has 1 aromatic heterocycles. The molecule has 92 valence electrons. The van der Waals surface area contributed by atoms with Gasteiger partial charge in [-0.1, -0.05) is 20.8 Å². The number of terminal acetylenes is 1. The number of nitrogens with zero attached hydrogens (tertiary/aromatic N) is 2. The molecule has 1 rings (SSSR count). The number of aromatic amines is 1. The van der Waals surface area contributed by atoms with Crippen molar-refractivity contribution in [1.29, 1.82) is 0 Å². The summed E-state index contributed by atoms with van der Waals surface area (Å²) in [5, 5.41) is 9.40. The smallest absolute Gasteiger partial charge is 0.291 e. The highest BCUT2D eigenvalue weighted by Crippen LogP contribution is 2.17. The second-order valence-corrected chi connectivity index (χ2v) is 5.04. The average molecular weight is 234 g/mol. The Bertz CT molecular complexity index is 436. The molecule has 0 bridgehead atoms. The number of carbonyl (C=O) groups excluding carboxylic acids is 1. The Morgan fingerprint density at radius 2 is 2.24 bits per heavy atom. The van der Waals surface area contributed by atoms with Gasteiger partial charge in [-0.3, -0.25) is 9.89 Å². The van der Waals surface area contributed by atoms with Crippen molar-refractivity contribution in [2.45, 2.75) is 45.6 Å². The molecule has 1 atom stereocenters. The standard InChI is InChI=1S/C12H18N4O/c1-6-7-8(2)13-10(17)9-14-11(16-15-9)12(3,4)5/h1,8H,7H2,2-5H3,(H,13,17)(H,14,15,16). The SMILES string of the molecule is C#CCC(C)NC(=O)c1n[nH]c(C(C)(C)C)n1. The lowest BCUT2D eigenvalue weighted by Gasteiger charge is -2.13. The summed E-state index contributed by atoms with van der Waals surface area (Å²) in [6, 6.07) is -0.0795. The van der Waals surface area contributed by atoms with Gasteiger partial charge in [0.1, 0.15) is 5.82 Å². The molecule has 1 aromatic rings. The van der Waals surface area contributed by atoms with Crippen LogP contribution >= 0.6 is 0 Å². The fourth-order valence-electron chi connectivity index (χ4n) is 1.21. The maximum absolute atomic E-state index is 11.7. The summed E-state index contributed by atoms with van der Waals surface area (Å²) in [6.07, 6.45) is 5.65. The zero-order valence-corrected chi connectivity index (χ0v) is 10.7. The van der Waals surface area contributed by atoms with Gasteiger partial charge in [0, 0.05) is 17.9 Å². The quantitative estimate of drug-likeness (QED) is 0.773. The van der Waals surface area contributed by atoms with Crippen LogP contribution in [0.3, 0.4) is 0 Å². The molecule has 0 aliphatic rings. The molecule has 17 heavy (non-hydrogen) atoms. The van der Waals surface area contributed by atoms with Crippen LogP contribution in [0, 0.1) is 12.3 Å². The van der Waals surface area contributed by atoms with Crippen LogP contribution in [0.1, 0.15) is 50.6 Å². The molecule has 5 heteroatoms. The highest BCUT2D eigenvalue weighted by atomic mass is 16.2. The Morgan fingerprint density at radius 3 is 2.71 bits per heavy atom. The lowest BCUT2D eigenvalue weighted by atomic mass is 9.96. The Hall–Kier alpha value is -1.83. The summed E-state index contributed by atoms with van der Waals surface area (Å²) < 4.78 is 0. The molecular formula is C12H18N4O. The molecule has 1 unspecified atom stereocenters. The predicted octanol–water partition coefficient (Wildman–Crippen LogP) is 1.24. The first-order chi connectivity index (χ1) is 7.84.